The molecular formula is C19H22FN3O3. The van der Waals surface area contributed by atoms with Gasteiger partial charge in [0.05, 0.1) is 0 Å². The number of fused-ring (bicyclic) bond motifs is 2. The second-order valence-corrected chi connectivity index (χ2v) is 7.63. The molecule has 1 N–H and O–H groups in total. The summed E-state index contributed by atoms with van der Waals surface area (Å²) in [5.74, 6) is -1.22. The number of rotatable bonds is 3. The molecule has 2 aliphatic heterocycles. The van der Waals surface area contributed by atoms with E-state index in [-0.39, 0.29) is 24.2 Å². The van der Waals surface area contributed by atoms with E-state index >= 15 is 0 Å². The summed E-state index contributed by atoms with van der Waals surface area (Å²) >= 11 is 0. The van der Waals surface area contributed by atoms with E-state index in [9.17, 15) is 19.1 Å². The molecule has 4 rings (SSSR count). The van der Waals surface area contributed by atoms with Gasteiger partial charge in [-0.3, -0.25) is 14.5 Å². The molecule has 0 spiro atoms. The van der Waals surface area contributed by atoms with Gasteiger partial charge >= 0.3 is 5.97 Å². The summed E-state index contributed by atoms with van der Waals surface area (Å²) in [5, 5.41) is 10.7. The summed E-state index contributed by atoms with van der Waals surface area (Å²) in [6.07, 6.45) is 0. The maximum Gasteiger partial charge on any atom is 0.313 e. The standard InChI is InChI=1S/C19H22FN3O3/c1-12(24)23-8-14-7-22(10-19(14,11-23)18(25)26)9-16-6-13-5-15(20)3-4-17(13)21(16)2/h3-6,14H,7-11H2,1-2H3,(H,25,26). The fraction of sp³-hybridized carbons (Fsp3) is 0.474. The van der Waals surface area contributed by atoms with Gasteiger partial charge in [0.2, 0.25) is 5.91 Å². The number of aromatic nitrogens is 1. The van der Waals surface area contributed by atoms with E-state index in [0.29, 0.717) is 26.2 Å². The molecule has 1 amide bonds. The molecule has 6 nitrogen and oxygen atoms in total. The topological polar surface area (TPSA) is 65.8 Å². The van der Waals surface area contributed by atoms with Crippen molar-refractivity contribution in [1.82, 2.24) is 14.4 Å². The lowest BCUT2D eigenvalue weighted by Crippen LogP contribution is -2.41. The number of carboxylic acid groups (broad SMARTS) is 1. The average Bonchev–Trinajstić information content (AvgIpc) is 3.17. The monoisotopic (exact) mass is 359 g/mol. The van der Waals surface area contributed by atoms with Crippen molar-refractivity contribution in [3.05, 3.63) is 35.8 Å². The van der Waals surface area contributed by atoms with Crippen LogP contribution in [-0.2, 0) is 23.2 Å². The summed E-state index contributed by atoms with van der Waals surface area (Å²) in [6.45, 7) is 3.94. The fourth-order valence-corrected chi connectivity index (χ4v) is 4.59. The van der Waals surface area contributed by atoms with Crippen molar-refractivity contribution >= 4 is 22.8 Å². The van der Waals surface area contributed by atoms with Crippen molar-refractivity contribution in [2.45, 2.75) is 13.5 Å². The highest BCUT2D eigenvalue weighted by molar-refractivity contribution is 5.82. The molecule has 2 atom stereocenters. The van der Waals surface area contributed by atoms with E-state index < -0.39 is 11.4 Å². The van der Waals surface area contributed by atoms with Crippen LogP contribution in [0, 0.1) is 17.2 Å². The molecule has 2 unspecified atom stereocenters. The smallest absolute Gasteiger partial charge is 0.313 e. The van der Waals surface area contributed by atoms with Gasteiger partial charge in [-0.25, -0.2) is 4.39 Å². The molecule has 2 aliphatic rings. The Balaban J connectivity index is 1.57. The minimum atomic E-state index is -0.887. The maximum atomic E-state index is 13.5. The number of hydrogen-bond donors (Lipinski definition) is 1. The second-order valence-electron chi connectivity index (χ2n) is 7.63. The zero-order chi connectivity index (χ0) is 18.6. The minimum Gasteiger partial charge on any atom is -0.481 e. The highest BCUT2D eigenvalue weighted by Gasteiger charge is 2.58. The number of hydrogen-bond acceptors (Lipinski definition) is 3. The number of halogens is 1. The van der Waals surface area contributed by atoms with Gasteiger partial charge in [-0.1, -0.05) is 0 Å². The van der Waals surface area contributed by atoms with Gasteiger partial charge in [0.25, 0.3) is 0 Å². The molecule has 1 aromatic heterocycles. The Bertz CT molecular complexity index is 909. The van der Waals surface area contributed by atoms with Gasteiger partial charge in [0.15, 0.2) is 0 Å². The SMILES string of the molecule is CC(=O)N1CC2CN(Cc3cc4cc(F)ccc4n3C)CC2(C(=O)O)C1. The van der Waals surface area contributed by atoms with Crippen LogP contribution in [0.5, 0.6) is 0 Å². The van der Waals surface area contributed by atoms with Crippen LogP contribution in [0.3, 0.4) is 0 Å². The third-order valence-corrected chi connectivity index (χ3v) is 6.04. The van der Waals surface area contributed by atoms with Crippen LogP contribution < -0.4 is 0 Å². The van der Waals surface area contributed by atoms with Crippen molar-refractivity contribution in [3.8, 4) is 0 Å². The average molecular weight is 359 g/mol. The summed E-state index contributed by atoms with van der Waals surface area (Å²) in [6, 6.07) is 6.68. The number of carbonyl (C=O) groups excluding carboxylic acids is 1. The number of amides is 1. The van der Waals surface area contributed by atoms with E-state index in [2.05, 4.69) is 4.90 Å². The van der Waals surface area contributed by atoms with Gasteiger partial charge in [0, 0.05) is 69.2 Å². The molecule has 0 saturated carbocycles. The Hall–Kier alpha value is -2.41. The van der Waals surface area contributed by atoms with Gasteiger partial charge in [-0.05, 0) is 24.3 Å². The largest absolute Gasteiger partial charge is 0.481 e. The zero-order valence-electron chi connectivity index (χ0n) is 14.9. The van der Waals surface area contributed by atoms with Gasteiger partial charge in [-0.15, -0.1) is 0 Å². The number of likely N-dealkylation sites (tertiary alicyclic amines) is 2. The highest BCUT2D eigenvalue weighted by Crippen LogP contribution is 2.43. The first-order valence-electron chi connectivity index (χ1n) is 8.75. The van der Waals surface area contributed by atoms with Crippen molar-refractivity contribution < 1.29 is 19.1 Å². The fourth-order valence-electron chi connectivity index (χ4n) is 4.59. The first kappa shape index (κ1) is 17.0. The minimum absolute atomic E-state index is 0.0592. The first-order chi connectivity index (χ1) is 12.3. The molecule has 2 fully saturated rings. The number of benzene rings is 1. The van der Waals surface area contributed by atoms with Crippen LogP contribution in [0.15, 0.2) is 24.3 Å². The summed E-state index contributed by atoms with van der Waals surface area (Å²) in [4.78, 5) is 27.5. The quantitative estimate of drug-likeness (QED) is 0.906. The van der Waals surface area contributed by atoms with Crippen LogP contribution >= 0.6 is 0 Å². The third-order valence-electron chi connectivity index (χ3n) is 6.04. The van der Waals surface area contributed by atoms with Crippen molar-refractivity contribution in [3.63, 3.8) is 0 Å². The van der Waals surface area contributed by atoms with Crippen LogP contribution in [0.4, 0.5) is 4.39 Å². The molecule has 2 saturated heterocycles. The molecule has 0 aliphatic carbocycles. The Kier molecular flexibility index (Phi) is 3.80. The second kappa shape index (κ2) is 5.81. The number of nitrogens with zero attached hydrogens (tertiary/aromatic N) is 3. The Morgan fingerprint density at radius 3 is 2.69 bits per heavy atom. The number of carboxylic acids is 1. The molecule has 1 aromatic carbocycles. The molecule has 26 heavy (non-hydrogen) atoms. The molecule has 2 aromatic rings. The van der Waals surface area contributed by atoms with E-state index in [1.165, 1.54) is 19.1 Å². The van der Waals surface area contributed by atoms with Crippen molar-refractivity contribution in [1.29, 1.82) is 0 Å². The summed E-state index contributed by atoms with van der Waals surface area (Å²) in [5.41, 5.74) is 1.09. The first-order valence-corrected chi connectivity index (χ1v) is 8.75. The predicted octanol–water partition coefficient (Wildman–Crippen LogP) is 1.68. The molecular weight excluding hydrogens is 337 g/mol. The maximum absolute atomic E-state index is 13.5. The normalized spacial score (nSPS) is 25.8. The van der Waals surface area contributed by atoms with E-state index in [1.54, 1.807) is 11.0 Å². The van der Waals surface area contributed by atoms with Crippen molar-refractivity contribution in [2.24, 2.45) is 18.4 Å². The highest BCUT2D eigenvalue weighted by atomic mass is 19.1. The Morgan fingerprint density at radius 2 is 2.04 bits per heavy atom. The van der Waals surface area contributed by atoms with Crippen LogP contribution in [0.25, 0.3) is 10.9 Å². The third kappa shape index (κ3) is 2.49. The molecule has 3 heterocycles. The Labute approximate surface area is 150 Å². The van der Waals surface area contributed by atoms with Crippen LogP contribution in [0.1, 0.15) is 12.6 Å². The van der Waals surface area contributed by atoms with Crippen molar-refractivity contribution in [2.75, 3.05) is 26.2 Å². The Morgan fingerprint density at radius 1 is 1.27 bits per heavy atom. The molecule has 0 radical (unpaired) electrons. The summed E-state index contributed by atoms with van der Waals surface area (Å²) in [7, 11) is 1.94. The van der Waals surface area contributed by atoms with Gasteiger partial charge < -0.3 is 14.6 Å². The van der Waals surface area contributed by atoms with E-state index in [1.807, 2.05) is 17.7 Å². The van der Waals surface area contributed by atoms with Crippen LogP contribution in [-0.4, -0.2) is 57.5 Å². The summed E-state index contributed by atoms with van der Waals surface area (Å²) < 4.78 is 15.5. The number of aliphatic carboxylic acids is 1. The van der Waals surface area contributed by atoms with E-state index in [4.69, 9.17) is 0 Å². The van der Waals surface area contributed by atoms with Gasteiger partial charge in [0.1, 0.15) is 11.2 Å². The zero-order valence-corrected chi connectivity index (χ0v) is 14.9. The number of carbonyl (C=O) groups is 2. The van der Waals surface area contributed by atoms with Gasteiger partial charge in [-0.2, -0.15) is 0 Å². The molecule has 0 bridgehead atoms. The lowest BCUT2D eigenvalue weighted by molar-refractivity contribution is -0.149. The lowest BCUT2D eigenvalue weighted by atomic mass is 9.81. The number of aryl methyl sites for hydroxylation is 1. The molecule has 7 heteroatoms. The van der Waals surface area contributed by atoms with Crippen LogP contribution in [0.2, 0.25) is 0 Å². The van der Waals surface area contributed by atoms with E-state index in [0.717, 1.165) is 16.6 Å². The lowest BCUT2D eigenvalue weighted by Gasteiger charge is -2.25. The molecule has 138 valence electrons. The predicted molar refractivity (Wildman–Crippen MR) is 94.0 cm³/mol.